The van der Waals surface area contributed by atoms with E-state index >= 15 is 0 Å². The smallest absolute Gasteiger partial charge is 0.229 e. The van der Waals surface area contributed by atoms with Gasteiger partial charge >= 0.3 is 0 Å². The molecule has 4 rings (SSSR count). The fourth-order valence-electron chi connectivity index (χ4n) is 3.53. The molecule has 32 heavy (non-hydrogen) atoms. The number of anilines is 5. The van der Waals surface area contributed by atoms with E-state index in [4.69, 9.17) is 5.26 Å². The van der Waals surface area contributed by atoms with Crippen LogP contribution in [-0.4, -0.2) is 48.1 Å². The molecule has 0 bridgehead atoms. The van der Waals surface area contributed by atoms with Gasteiger partial charge in [-0.2, -0.15) is 10.2 Å². The number of aromatic nitrogens is 2. The van der Waals surface area contributed by atoms with Crippen molar-refractivity contribution < 1.29 is 8.78 Å². The van der Waals surface area contributed by atoms with Gasteiger partial charge in [-0.1, -0.05) is 0 Å². The molecule has 2 aromatic carbocycles. The van der Waals surface area contributed by atoms with E-state index in [1.165, 1.54) is 12.1 Å². The van der Waals surface area contributed by atoms with Gasteiger partial charge in [-0.3, -0.25) is 0 Å². The average Bonchev–Trinajstić information content (AvgIpc) is 2.77. The molecule has 1 aliphatic heterocycles. The highest BCUT2D eigenvalue weighted by Crippen LogP contribution is 2.26. The minimum atomic E-state index is -0.427. The van der Waals surface area contributed by atoms with Crippen molar-refractivity contribution in [3.05, 3.63) is 65.9 Å². The lowest BCUT2D eigenvalue weighted by Crippen LogP contribution is -2.44. The van der Waals surface area contributed by atoms with Crippen molar-refractivity contribution in [1.82, 2.24) is 14.9 Å². The van der Waals surface area contributed by atoms with E-state index in [1.807, 2.05) is 11.0 Å². The van der Waals surface area contributed by atoms with E-state index in [1.54, 1.807) is 36.5 Å². The normalized spacial score (nSPS) is 14.1. The number of nitrogens with one attached hydrogen (secondary N) is 2. The monoisotopic (exact) mass is 435 g/mol. The van der Waals surface area contributed by atoms with Crippen LogP contribution >= 0.6 is 0 Å². The summed E-state index contributed by atoms with van der Waals surface area (Å²) in [4.78, 5) is 12.8. The first-order chi connectivity index (χ1) is 15.5. The van der Waals surface area contributed by atoms with Crippen LogP contribution in [0.5, 0.6) is 0 Å². The van der Waals surface area contributed by atoms with Crippen LogP contribution in [0.2, 0.25) is 0 Å². The Morgan fingerprint density at radius 2 is 1.72 bits per heavy atom. The summed E-state index contributed by atoms with van der Waals surface area (Å²) in [5, 5.41) is 14.9. The number of nitrogens with zero attached hydrogens (tertiary/aromatic N) is 5. The summed E-state index contributed by atoms with van der Waals surface area (Å²) in [6, 6.07) is 13.0. The first-order valence-corrected chi connectivity index (χ1v) is 10.3. The first kappa shape index (κ1) is 21.5. The van der Waals surface area contributed by atoms with Crippen LogP contribution in [0.1, 0.15) is 5.56 Å². The molecule has 1 aliphatic rings. The molecule has 1 aromatic heterocycles. The lowest BCUT2D eigenvalue weighted by Gasteiger charge is -2.34. The number of hydrogen-bond acceptors (Lipinski definition) is 7. The van der Waals surface area contributed by atoms with E-state index in [2.05, 4.69) is 32.5 Å². The molecule has 1 saturated heterocycles. The summed E-state index contributed by atoms with van der Waals surface area (Å²) < 4.78 is 28.5. The fraction of sp³-hybridized carbons (Fsp3) is 0.261. The van der Waals surface area contributed by atoms with Crippen LogP contribution in [0.25, 0.3) is 0 Å². The van der Waals surface area contributed by atoms with E-state index in [9.17, 15) is 8.78 Å². The third-order valence-corrected chi connectivity index (χ3v) is 5.29. The molecule has 0 saturated carbocycles. The van der Waals surface area contributed by atoms with Gasteiger partial charge in [0.1, 0.15) is 17.5 Å². The summed E-state index contributed by atoms with van der Waals surface area (Å²) in [7, 11) is 2.06. The standard InChI is InChI=1S/C23H23F2N7/c1-31-10-12-32(13-11-31)21-5-3-18(15-20(21)25)29-23-27-9-7-22(30-23)28-17-2-4-19(24)16(14-17)6-8-26/h2-5,7,9,14-15H,6,10-13H2,1H3,(H2,27,28,29,30). The number of nitriles is 1. The second-order valence-corrected chi connectivity index (χ2v) is 7.61. The zero-order valence-corrected chi connectivity index (χ0v) is 17.6. The number of benzene rings is 2. The maximum absolute atomic E-state index is 14.7. The number of hydrogen-bond donors (Lipinski definition) is 2. The maximum atomic E-state index is 14.7. The fourth-order valence-corrected chi connectivity index (χ4v) is 3.53. The minimum absolute atomic E-state index is 0.0202. The zero-order valence-electron chi connectivity index (χ0n) is 17.6. The van der Waals surface area contributed by atoms with Gasteiger partial charge in [0.2, 0.25) is 5.95 Å². The lowest BCUT2D eigenvalue weighted by atomic mass is 10.1. The molecule has 0 spiro atoms. The summed E-state index contributed by atoms with van der Waals surface area (Å²) in [6.07, 6.45) is 1.54. The van der Waals surface area contributed by atoms with Crippen molar-refractivity contribution in [3.63, 3.8) is 0 Å². The van der Waals surface area contributed by atoms with Crippen molar-refractivity contribution in [2.45, 2.75) is 6.42 Å². The topological polar surface area (TPSA) is 80.1 Å². The van der Waals surface area contributed by atoms with Crippen LogP contribution < -0.4 is 15.5 Å². The molecule has 1 fully saturated rings. The van der Waals surface area contributed by atoms with Crippen molar-refractivity contribution in [3.8, 4) is 6.07 Å². The molecule has 0 amide bonds. The summed E-state index contributed by atoms with van der Waals surface area (Å²) in [5.41, 5.74) is 2.03. The molecule has 0 radical (unpaired) electrons. The van der Waals surface area contributed by atoms with Gasteiger partial charge < -0.3 is 20.4 Å². The number of piperazine rings is 1. The number of rotatable bonds is 6. The predicted octanol–water partition coefficient (Wildman–Crippen LogP) is 4.06. The Morgan fingerprint density at radius 1 is 0.969 bits per heavy atom. The molecular weight excluding hydrogens is 412 g/mol. The molecule has 3 aromatic rings. The Kier molecular flexibility index (Phi) is 6.42. The van der Waals surface area contributed by atoms with Crippen LogP contribution in [0.3, 0.4) is 0 Å². The van der Waals surface area contributed by atoms with Gasteiger partial charge in [-0.25, -0.2) is 13.8 Å². The Morgan fingerprint density at radius 3 is 2.47 bits per heavy atom. The van der Waals surface area contributed by atoms with Crippen molar-refractivity contribution >= 4 is 28.8 Å². The van der Waals surface area contributed by atoms with Gasteiger partial charge in [0.05, 0.1) is 18.2 Å². The highest BCUT2D eigenvalue weighted by atomic mass is 19.1. The van der Waals surface area contributed by atoms with E-state index in [-0.39, 0.29) is 12.2 Å². The quantitative estimate of drug-likeness (QED) is 0.604. The van der Waals surface area contributed by atoms with E-state index in [0.717, 1.165) is 26.2 Å². The Balaban J connectivity index is 1.46. The number of likely N-dealkylation sites (N-methyl/N-ethyl adjacent to an activating group) is 1. The molecule has 164 valence electrons. The molecule has 0 atom stereocenters. The van der Waals surface area contributed by atoms with E-state index < -0.39 is 5.82 Å². The first-order valence-electron chi connectivity index (χ1n) is 10.3. The summed E-state index contributed by atoms with van der Waals surface area (Å²) in [6.45, 7) is 3.38. The Bertz CT molecular complexity index is 1140. The number of halogens is 2. The highest BCUT2D eigenvalue weighted by Gasteiger charge is 2.17. The summed E-state index contributed by atoms with van der Waals surface area (Å²) in [5.74, 6) is 0.0435. The molecule has 7 nitrogen and oxygen atoms in total. The van der Waals surface area contributed by atoms with Crippen LogP contribution in [0, 0.1) is 23.0 Å². The van der Waals surface area contributed by atoms with Gasteiger partial charge in [-0.05, 0) is 49.5 Å². The second-order valence-electron chi connectivity index (χ2n) is 7.61. The largest absolute Gasteiger partial charge is 0.367 e. The molecule has 2 N–H and O–H groups in total. The van der Waals surface area contributed by atoms with Crippen LogP contribution in [0.4, 0.5) is 37.6 Å². The summed E-state index contributed by atoms with van der Waals surface area (Å²) >= 11 is 0. The Hall–Kier alpha value is -3.77. The molecule has 0 aliphatic carbocycles. The van der Waals surface area contributed by atoms with Gasteiger partial charge in [0.15, 0.2) is 0 Å². The third kappa shape index (κ3) is 5.10. The third-order valence-electron chi connectivity index (χ3n) is 5.29. The molecular formula is C23H23F2N7. The lowest BCUT2D eigenvalue weighted by molar-refractivity contribution is 0.311. The van der Waals surface area contributed by atoms with Crippen LogP contribution in [0.15, 0.2) is 48.7 Å². The molecule has 0 unspecified atom stereocenters. The molecule has 2 heterocycles. The SMILES string of the molecule is CN1CCN(c2ccc(Nc3nccc(Nc4ccc(F)c(CC#N)c4)n3)cc2F)CC1. The predicted molar refractivity (Wildman–Crippen MR) is 120 cm³/mol. The van der Waals surface area contributed by atoms with Gasteiger partial charge in [0.25, 0.3) is 0 Å². The van der Waals surface area contributed by atoms with Crippen molar-refractivity contribution in [2.75, 3.05) is 48.8 Å². The maximum Gasteiger partial charge on any atom is 0.229 e. The van der Waals surface area contributed by atoms with Crippen molar-refractivity contribution in [1.29, 1.82) is 5.26 Å². The van der Waals surface area contributed by atoms with Crippen LogP contribution in [-0.2, 0) is 6.42 Å². The van der Waals surface area contributed by atoms with Gasteiger partial charge in [-0.15, -0.1) is 0 Å². The highest BCUT2D eigenvalue weighted by molar-refractivity contribution is 5.62. The van der Waals surface area contributed by atoms with Crippen molar-refractivity contribution in [2.24, 2.45) is 0 Å². The van der Waals surface area contributed by atoms with E-state index in [0.29, 0.717) is 34.4 Å². The Labute approximate surface area is 185 Å². The zero-order chi connectivity index (χ0) is 22.5. The second kappa shape index (κ2) is 9.58. The minimum Gasteiger partial charge on any atom is -0.367 e. The molecule has 9 heteroatoms. The average molecular weight is 435 g/mol. The van der Waals surface area contributed by atoms with Gasteiger partial charge in [0, 0.05) is 49.3 Å².